The van der Waals surface area contributed by atoms with E-state index in [0.29, 0.717) is 5.89 Å². The highest BCUT2D eigenvalue weighted by atomic mass is 16.3. The van der Waals surface area contributed by atoms with Gasteiger partial charge in [-0.05, 0) is 49.5 Å². The van der Waals surface area contributed by atoms with Crippen molar-refractivity contribution in [2.75, 3.05) is 13.1 Å². The van der Waals surface area contributed by atoms with Crippen LogP contribution in [0.15, 0.2) is 41.1 Å². The Hall–Kier alpha value is -1.61. The van der Waals surface area contributed by atoms with E-state index in [1.165, 1.54) is 24.9 Å². The summed E-state index contributed by atoms with van der Waals surface area (Å²) in [6, 6.07) is 8.53. The van der Waals surface area contributed by atoms with Crippen LogP contribution < -0.4 is 5.32 Å². The van der Waals surface area contributed by atoms with Crippen LogP contribution in [0.25, 0.3) is 11.5 Å². The molecule has 88 valence electrons. The predicted molar refractivity (Wildman–Crippen MR) is 66.6 cm³/mol. The minimum Gasteiger partial charge on any atom is -0.445 e. The normalized spacial score (nSPS) is 19.6. The fourth-order valence-electron chi connectivity index (χ4n) is 2.37. The van der Waals surface area contributed by atoms with Crippen molar-refractivity contribution in [1.29, 1.82) is 0 Å². The molecule has 2 heterocycles. The Bertz CT molecular complexity index is 455. The number of benzene rings is 1. The Kier molecular flexibility index (Phi) is 2.92. The summed E-state index contributed by atoms with van der Waals surface area (Å²) in [5.74, 6) is 1.49. The smallest absolute Gasteiger partial charge is 0.225 e. The topological polar surface area (TPSA) is 38.1 Å². The van der Waals surface area contributed by atoms with Gasteiger partial charge in [0, 0.05) is 5.56 Å². The quantitative estimate of drug-likeness (QED) is 0.877. The maximum atomic E-state index is 5.27. The lowest BCUT2D eigenvalue weighted by Gasteiger charge is -2.08. The Morgan fingerprint density at radius 1 is 1.29 bits per heavy atom. The Morgan fingerprint density at radius 3 is 2.82 bits per heavy atom. The Labute approximate surface area is 101 Å². The summed E-state index contributed by atoms with van der Waals surface area (Å²) >= 11 is 0. The number of oxazole rings is 1. The van der Waals surface area contributed by atoms with Gasteiger partial charge in [-0.3, -0.25) is 0 Å². The fourth-order valence-corrected chi connectivity index (χ4v) is 2.37. The van der Waals surface area contributed by atoms with Crippen molar-refractivity contribution in [1.82, 2.24) is 10.3 Å². The number of nitrogens with one attached hydrogen (secondary N) is 1. The molecule has 1 aliphatic heterocycles. The molecule has 1 fully saturated rings. The van der Waals surface area contributed by atoms with E-state index in [9.17, 15) is 0 Å². The van der Waals surface area contributed by atoms with Gasteiger partial charge in [-0.25, -0.2) is 4.98 Å². The number of nitrogens with zero attached hydrogens (tertiary/aromatic N) is 1. The summed E-state index contributed by atoms with van der Waals surface area (Å²) < 4.78 is 5.27. The third kappa shape index (κ3) is 2.39. The first-order valence-corrected chi connectivity index (χ1v) is 6.11. The molecule has 1 saturated heterocycles. The second kappa shape index (κ2) is 4.72. The zero-order valence-electron chi connectivity index (χ0n) is 9.73. The summed E-state index contributed by atoms with van der Waals surface area (Å²) in [7, 11) is 0. The van der Waals surface area contributed by atoms with Gasteiger partial charge in [0.15, 0.2) is 0 Å². The summed E-state index contributed by atoms with van der Waals surface area (Å²) in [5.41, 5.74) is 2.44. The third-order valence-corrected chi connectivity index (χ3v) is 3.32. The van der Waals surface area contributed by atoms with Gasteiger partial charge >= 0.3 is 0 Å². The molecule has 0 radical (unpaired) electrons. The summed E-state index contributed by atoms with van der Waals surface area (Å²) in [6.07, 6.45) is 5.74. The van der Waals surface area contributed by atoms with Crippen LogP contribution in [-0.4, -0.2) is 18.1 Å². The monoisotopic (exact) mass is 228 g/mol. The van der Waals surface area contributed by atoms with Gasteiger partial charge in [-0.15, -0.1) is 0 Å². The number of hydrogen-bond donors (Lipinski definition) is 1. The van der Waals surface area contributed by atoms with E-state index in [-0.39, 0.29) is 0 Å². The molecule has 1 aromatic carbocycles. The van der Waals surface area contributed by atoms with Crippen molar-refractivity contribution in [2.24, 2.45) is 5.92 Å². The number of aromatic nitrogens is 1. The second-order valence-corrected chi connectivity index (χ2v) is 4.60. The molecule has 1 aliphatic rings. The maximum absolute atomic E-state index is 5.27. The lowest BCUT2D eigenvalue weighted by atomic mass is 9.98. The average Bonchev–Trinajstić information content (AvgIpc) is 3.01. The van der Waals surface area contributed by atoms with E-state index in [0.717, 1.165) is 18.0 Å². The summed E-state index contributed by atoms with van der Waals surface area (Å²) in [5, 5.41) is 3.40. The van der Waals surface area contributed by atoms with Crippen LogP contribution in [0.4, 0.5) is 0 Å². The highest BCUT2D eigenvalue weighted by Crippen LogP contribution is 2.20. The van der Waals surface area contributed by atoms with Gasteiger partial charge in [-0.1, -0.05) is 12.1 Å². The average molecular weight is 228 g/mol. The van der Waals surface area contributed by atoms with E-state index in [1.807, 2.05) is 0 Å². The van der Waals surface area contributed by atoms with Crippen molar-refractivity contribution < 1.29 is 4.42 Å². The molecule has 3 rings (SSSR count). The van der Waals surface area contributed by atoms with Crippen molar-refractivity contribution >= 4 is 0 Å². The minimum atomic E-state index is 0.694. The molecule has 1 unspecified atom stereocenters. The van der Waals surface area contributed by atoms with Crippen LogP contribution in [0.2, 0.25) is 0 Å². The standard InChI is InChI=1S/C14H16N2O/c1-3-13(14-16-7-8-17-14)4-2-11(1)9-12-5-6-15-10-12/h1-4,7-8,12,15H,5-6,9-10H2. The molecule has 0 saturated carbocycles. The van der Waals surface area contributed by atoms with Gasteiger partial charge in [0.2, 0.25) is 5.89 Å². The SMILES string of the molecule is c1coc(-c2ccc(CC3CCNC3)cc2)n1. The zero-order chi connectivity index (χ0) is 11.5. The largest absolute Gasteiger partial charge is 0.445 e. The molecule has 1 aromatic heterocycles. The highest BCUT2D eigenvalue weighted by Gasteiger charge is 2.14. The highest BCUT2D eigenvalue weighted by molar-refractivity contribution is 5.53. The number of hydrogen-bond acceptors (Lipinski definition) is 3. The van der Waals surface area contributed by atoms with E-state index >= 15 is 0 Å². The molecule has 0 spiro atoms. The van der Waals surface area contributed by atoms with Crippen LogP contribution in [-0.2, 0) is 6.42 Å². The summed E-state index contributed by atoms with van der Waals surface area (Å²) in [4.78, 5) is 4.14. The lowest BCUT2D eigenvalue weighted by Crippen LogP contribution is -2.10. The molecule has 2 aromatic rings. The van der Waals surface area contributed by atoms with Crippen LogP contribution in [0.5, 0.6) is 0 Å². The number of rotatable bonds is 3. The van der Waals surface area contributed by atoms with Crippen LogP contribution >= 0.6 is 0 Å². The zero-order valence-corrected chi connectivity index (χ0v) is 9.73. The van der Waals surface area contributed by atoms with Crippen LogP contribution in [0.3, 0.4) is 0 Å². The molecule has 0 aliphatic carbocycles. The third-order valence-electron chi connectivity index (χ3n) is 3.32. The molecule has 1 N–H and O–H groups in total. The fraction of sp³-hybridized carbons (Fsp3) is 0.357. The van der Waals surface area contributed by atoms with E-state index < -0.39 is 0 Å². The van der Waals surface area contributed by atoms with Crippen molar-refractivity contribution in [3.8, 4) is 11.5 Å². The molecule has 0 bridgehead atoms. The van der Waals surface area contributed by atoms with Crippen LogP contribution in [0.1, 0.15) is 12.0 Å². The first kappa shape index (κ1) is 10.5. The van der Waals surface area contributed by atoms with Crippen molar-refractivity contribution in [2.45, 2.75) is 12.8 Å². The first-order valence-electron chi connectivity index (χ1n) is 6.11. The van der Waals surface area contributed by atoms with E-state index in [1.54, 1.807) is 12.5 Å². The predicted octanol–water partition coefficient (Wildman–Crippen LogP) is 2.49. The van der Waals surface area contributed by atoms with Crippen molar-refractivity contribution in [3.63, 3.8) is 0 Å². The minimum absolute atomic E-state index is 0.694. The van der Waals surface area contributed by atoms with Gasteiger partial charge in [0.05, 0.1) is 6.20 Å². The molecular formula is C14H16N2O. The van der Waals surface area contributed by atoms with E-state index in [2.05, 4.69) is 34.6 Å². The molecule has 3 nitrogen and oxygen atoms in total. The van der Waals surface area contributed by atoms with Gasteiger partial charge in [0.25, 0.3) is 0 Å². The summed E-state index contributed by atoms with van der Waals surface area (Å²) in [6.45, 7) is 2.32. The Morgan fingerprint density at radius 2 is 2.18 bits per heavy atom. The van der Waals surface area contributed by atoms with Crippen LogP contribution in [0, 0.1) is 5.92 Å². The molecule has 3 heteroatoms. The van der Waals surface area contributed by atoms with Crippen molar-refractivity contribution in [3.05, 3.63) is 42.3 Å². The van der Waals surface area contributed by atoms with Gasteiger partial charge in [-0.2, -0.15) is 0 Å². The Balaban J connectivity index is 1.71. The molecular weight excluding hydrogens is 212 g/mol. The molecule has 1 atom stereocenters. The van der Waals surface area contributed by atoms with E-state index in [4.69, 9.17) is 4.42 Å². The molecule has 17 heavy (non-hydrogen) atoms. The molecule has 0 amide bonds. The lowest BCUT2D eigenvalue weighted by molar-refractivity contribution is 0.573. The maximum Gasteiger partial charge on any atom is 0.225 e. The first-order chi connectivity index (χ1) is 8.42. The van der Waals surface area contributed by atoms with Gasteiger partial charge in [0.1, 0.15) is 6.26 Å². The van der Waals surface area contributed by atoms with Gasteiger partial charge < -0.3 is 9.73 Å². The second-order valence-electron chi connectivity index (χ2n) is 4.60.